The van der Waals surface area contributed by atoms with Crippen LogP contribution in [-0.4, -0.2) is 25.5 Å². The number of benzene rings is 1. The molecule has 1 aliphatic rings. The molecule has 0 aliphatic carbocycles. The lowest BCUT2D eigenvalue weighted by Gasteiger charge is -2.32. The van der Waals surface area contributed by atoms with Crippen LogP contribution in [0.3, 0.4) is 0 Å². The molecule has 1 fully saturated rings. The molecule has 1 aromatic carbocycles. The van der Waals surface area contributed by atoms with Gasteiger partial charge in [-0.15, -0.1) is 0 Å². The summed E-state index contributed by atoms with van der Waals surface area (Å²) in [7, 11) is 0. The lowest BCUT2D eigenvalue weighted by molar-refractivity contribution is -0.131. The highest BCUT2D eigenvalue weighted by molar-refractivity contribution is 5.82. The normalized spacial score (nSPS) is 17.9. The summed E-state index contributed by atoms with van der Waals surface area (Å²) in [5.41, 5.74) is 1.17. The largest absolute Gasteiger partial charge is 0.356 e. The van der Waals surface area contributed by atoms with Crippen molar-refractivity contribution in [2.75, 3.05) is 19.6 Å². The summed E-state index contributed by atoms with van der Waals surface area (Å²) in [5.74, 6) is 0.224. The van der Waals surface area contributed by atoms with Crippen molar-refractivity contribution in [3.05, 3.63) is 35.9 Å². The van der Waals surface area contributed by atoms with E-state index in [1.54, 1.807) is 0 Å². The molecule has 3 nitrogen and oxygen atoms in total. The molecule has 0 saturated carbocycles. The molecule has 2 rings (SSSR count). The van der Waals surface area contributed by atoms with Crippen molar-refractivity contribution in [1.82, 2.24) is 10.6 Å². The second-order valence-corrected chi connectivity index (χ2v) is 5.66. The van der Waals surface area contributed by atoms with Gasteiger partial charge in [-0.2, -0.15) is 0 Å². The van der Waals surface area contributed by atoms with E-state index in [0.717, 1.165) is 45.3 Å². The first kappa shape index (κ1) is 14.1. The van der Waals surface area contributed by atoms with Crippen LogP contribution in [-0.2, 0) is 11.2 Å². The van der Waals surface area contributed by atoms with Gasteiger partial charge in [-0.3, -0.25) is 4.79 Å². The van der Waals surface area contributed by atoms with Crippen LogP contribution in [0, 0.1) is 5.41 Å². The van der Waals surface area contributed by atoms with E-state index in [4.69, 9.17) is 0 Å². The highest BCUT2D eigenvalue weighted by Gasteiger charge is 2.33. The fourth-order valence-corrected chi connectivity index (χ4v) is 2.56. The third kappa shape index (κ3) is 4.06. The van der Waals surface area contributed by atoms with E-state index in [2.05, 4.69) is 41.8 Å². The van der Waals surface area contributed by atoms with Gasteiger partial charge < -0.3 is 10.6 Å². The summed E-state index contributed by atoms with van der Waals surface area (Å²) in [5, 5.41) is 6.40. The number of nitrogens with one attached hydrogen (secondary N) is 2. The zero-order valence-electron chi connectivity index (χ0n) is 11.7. The van der Waals surface area contributed by atoms with Crippen molar-refractivity contribution in [3.63, 3.8) is 0 Å². The Morgan fingerprint density at radius 2 is 1.95 bits per heavy atom. The molecule has 0 aromatic heterocycles. The second-order valence-electron chi connectivity index (χ2n) is 5.66. The van der Waals surface area contributed by atoms with Crippen molar-refractivity contribution in [3.8, 4) is 0 Å². The molecule has 0 radical (unpaired) electrons. The maximum atomic E-state index is 12.2. The minimum Gasteiger partial charge on any atom is -0.356 e. The van der Waals surface area contributed by atoms with Gasteiger partial charge in [0.15, 0.2) is 0 Å². The lowest BCUT2D eigenvalue weighted by atomic mass is 9.80. The van der Waals surface area contributed by atoms with E-state index in [9.17, 15) is 4.79 Å². The van der Waals surface area contributed by atoms with Crippen LogP contribution in [0.15, 0.2) is 30.3 Å². The minimum atomic E-state index is -0.169. The minimum absolute atomic E-state index is 0.169. The maximum Gasteiger partial charge on any atom is 0.226 e. The molecule has 0 unspecified atom stereocenters. The fraction of sp³-hybridized carbons (Fsp3) is 0.562. The quantitative estimate of drug-likeness (QED) is 0.796. The van der Waals surface area contributed by atoms with Crippen molar-refractivity contribution in [2.45, 2.75) is 32.6 Å². The van der Waals surface area contributed by atoms with E-state index in [0.29, 0.717) is 0 Å². The monoisotopic (exact) mass is 260 g/mol. The molecule has 3 heteroatoms. The molecule has 0 atom stereocenters. The van der Waals surface area contributed by atoms with Crippen LogP contribution in [0.2, 0.25) is 0 Å². The molecule has 2 N–H and O–H groups in total. The van der Waals surface area contributed by atoms with Gasteiger partial charge in [0.1, 0.15) is 0 Å². The Bertz CT molecular complexity index is 396. The van der Waals surface area contributed by atoms with Crippen LogP contribution in [0.5, 0.6) is 0 Å². The summed E-state index contributed by atoms with van der Waals surface area (Å²) >= 11 is 0. The van der Waals surface area contributed by atoms with Gasteiger partial charge in [0.2, 0.25) is 5.91 Å². The van der Waals surface area contributed by atoms with Gasteiger partial charge in [-0.1, -0.05) is 37.3 Å². The SMILES string of the molecule is CC1(C(=O)NCCCc2ccccc2)CCNCC1. The van der Waals surface area contributed by atoms with E-state index in [1.165, 1.54) is 5.56 Å². The number of hydrogen-bond acceptors (Lipinski definition) is 2. The molecule has 104 valence electrons. The summed E-state index contributed by atoms with van der Waals surface area (Å²) in [6, 6.07) is 10.4. The molecular formula is C16H24N2O. The third-order valence-corrected chi connectivity index (χ3v) is 4.03. The summed E-state index contributed by atoms with van der Waals surface area (Å²) < 4.78 is 0. The average Bonchev–Trinajstić information content (AvgIpc) is 2.45. The Hall–Kier alpha value is -1.35. The van der Waals surface area contributed by atoms with E-state index < -0.39 is 0 Å². The zero-order chi connectivity index (χ0) is 13.6. The molecule has 0 bridgehead atoms. The summed E-state index contributed by atoms with van der Waals surface area (Å²) in [4.78, 5) is 12.2. The van der Waals surface area contributed by atoms with Gasteiger partial charge in [0.05, 0.1) is 0 Å². The molecule has 1 heterocycles. The van der Waals surface area contributed by atoms with Gasteiger partial charge in [0.25, 0.3) is 0 Å². The first-order chi connectivity index (χ1) is 9.21. The van der Waals surface area contributed by atoms with Crippen LogP contribution in [0.4, 0.5) is 0 Å². The first-order valence-corrected chi connectivity index (χ1v) is 7.24. The topological polar surface area (TPSA) is 41.1 Å². The molecule has 0 spiro atoms. The molecule has 1 aromatic rings. The highest BCUT2D eigenvalue weighted by atomic mass is 16.2. The number of piperidine rings is 1. The van der Waals surface area contributed by atoms with Crippen LogP contribution in [0.1, 0.15) is 31.7 Å². The highest BCUT2D eigenvalue weighted by Crippen LogP contribution is 2.27. The number of hydrogen-bond donors (Lipinski definition) is 2. The maximum absolute atomic E-state index is 12.2. The Balaban J connectivity index is 1.69. The van der Waals surface area contributed by atoms with Crippen molar-refractivity contribution in [1.29, 1.82) is 0 Å². The van der Waals surface area contributed by atoms with E-state index >= 15 is 0 Å². The smallest absolute Gasteiger partial charge is 0.226 e. The summed E-state index contributed by atoms with van der Waals surface area (Å²) in [6.45, 7) is 4.76. The first-order valence-electron chi connectivity index (χ1n) is 7.24. The molecule has 1 saturated heterocycles. The zero-order valence-corrected chi connectivity index (χ0v) is 11.7. The lowest BCUT2D eigenvalue weighted by Crippen LogP contribution is -2.46. The average molecular weight is 260 g/mol. The van der Waals surface area contributed by atoms with E-state index in [-0.39, 0.29) is 11.3 Å². The number of rotatable bonds is 5. The third-order valence-electron chi connectivity index (χ3n) is 4.03. The Labute approximate surface area is 115 Å². The van der Waals surface area contributed by atoms with Crippen molar-refractivity contribution < 1.29 is 4.79 Å². The second kappa shape index (κ2) is 6.71. The number of carbonyl (C=O) groups is 1. The van der Waals surface area contributed by atoms with Gasteiger partial charge in [0, 0.05) is 12.0 Å². The van der Waals surface area contributed by atoms with Crippen LogP contribution >= 0.6 is 0 Å². The molecule has 1 aliphatic heterocycles. The molecule has 1 amide bonds. The predicted molar refractivity (Wildman–Crippen MR) is 78.0 cm³/mol. The summed E-state index contributed by atoms with van der Waals surface area (Å²) in [6.07, 6.45) is 3.92. The molecular weight excluding hydrogens is 236 g/mol. The number of carbonyl (C=O) groups excluding carboxylic acids is 1. The van der Waals surface area contributed by atoms with Gasteiger partial charge in [-0.05, 0) is 44.3 Å². The number of aryl methyl sites for hydroxylation is 1. The molecule has 19 heavy (non-hydrogen) atoms. The van der Waals surface area contributed by atoms with Gasteiger partial charge in [-0.25, -0.2) is 0 Å². The van der Waals surface area contributed by atoms with E-state index in [1.807, 2.05) is 6.07 Å². The van der Waals surface area contributed by atoms with Crippen molar-refractivity contribution >= 4 is 5.91 Å². The standard InChI is InChI=1S/C16H24N2O/c1-16(9-12-17-13-10-16)15(19)18-11-5-8-14-6-3-2-4-7-14/h2-4,6-7,17H,5,8-13H2,1H3,(H,18,19). The van der Waals surface area contributed by atoms with Crippen LogP contribution in [0.25, 0.3) is 0 Å². The van der Waals surface area contributed by atoms with Crippen molar-refractivity contribution in [2.24, 2.45) is 5.41 Å². The van der Waals surface area contributed by atoms with Crippen LogP contribution < -0.4 is 10.6 Å². The Morgan fingerprint density at radius 1 is 1.26 bits per heavy atom. The Kier molecular flexibility index (Phi) is 4.97. The number of amides is 1. The predicted octanol–water partition coefficient (Wildman–Crippen LogP) is 2.13. The Morgan fingerprint density at radius 3 is 2.63 bits per heavy atom. The fourth-order valence-electron chi connectivity index (χ4n) is 2.56. The van der Waals surface area contributed by atoms with Gasteiger partial charge >= 0.3 is 0 Å².